The molecule has 7 heteroatoms. The molecule has 0 spiro atoms. The Hall–Kier alpha value is -2.28. The summed E-state index contributed by atoms with van der Waals surface area (Å²) in [5.41, 5.74) is 6.42. The fourth-order valence-corrected chi connectivity index (χ4v) is 3.41. The van der Waals surface area contributed by atoms with Gasteiger partial charge in [0.1, 0.15) is 0 Å². The summed E-state index contributed by atoms with van der Waals surface area (Å²) in [6.07, 6.45) is 1.86. The molecule has 1 aromatic carbocycles. The molecule has 0 radical (unpaired) electrons. The Morgan fingerprint density at radius 3 is 2.35 bits per heavy atom. The largest absolute Gasteiger partial charge is 0.416 e. The summed E-state index contributed by atoms with van der Waals surface area (Å²) in [5.74, 6) is 0.137. The smallest absolute Gasteiger partial charge is 0.370 e. The summed E-state index contributed by atoms with van der Waals surface area (Å²) in [7, 11) is 0. The van der Waals surface area contributed by atoms with E-state index in [0.717, 1.165) is 50.2 Å². The van der Waals surface area contributed by atoms with Crippen LogP contribution in [0.3, 0.4) is 0 Å². The van der Waals surface area contributed by atoms with Gasteiger partial charge in [-0.2, -0.15) is 13.2 Å². The number of carbonyl (C=O) groups excluding carboxylic acids is 1. The average Bonchev–Trinajstić information content (AvgIpc) is 3.04. The molecular formula is C19H22F3N3O. The Bertz CT molecular complexity index is 744. The van der Waals surface area contributed by atoms with Gasteiger partial charge in [-0.25, -0.2) is 0 Å². The molecular weight excluding hydrogens is 343 g/mol. The zero-order chi connectivity index (χ0) is 18.7. The van der Waals surface area contributed by atoms with E-state index in [2.05, 4.69) is 4.90 Å². The van der Waals surface area contributed by atoms with Crippen LogP contribution in [0.2, 0.25) is 0 Å². The van der Waals surface area contributed by atoms with Crippen LogP contribution in [0.1, 0.15) is 30.4 Å². The lowest BCUT2D eigenvalue weighted by Gasteiger charge is -2.31. The molecule has 3 rings (SSSR count). The van der Waals surface area contributed by atoms with Crippen molar-refractivity contribution < 1.29 is 18.0 Å². The van der Waals surface area contributed by atoms with Gasteiger partial charge in [0.25, 0.3) is 0 Å². The first kappa shape index (κ1) is 18.5. The molecule has 2 heterocycles. The molecule has 0 aliphatic carbocycles. The standard InChI is InChI=1S/C19H22F3N3O/c20-19(21,22)16-1-3-17(4-2-16)25-10-7-15(13-25)12-24-8-5-14(6-9-24)11-18(23)26/h1-4,7,10,13-14H,5-6,8-9,11-12H2,(H2,23,26). The third kappa shape index (κ3) is 4.66. The Labute approximate surface area is 150 Å². The van der Waals surface area contributed by atoms with Crippen LogP contribution in [-0.4, -0.2) is 28.5 Å². The number of likely N-dealkylation sites (tertiary alicyclic amines) is 1. The van der Waals surface area contributed by atoms with Crippen molar-refractivity contribution in [2.45, 2.75) is 32.0 Å². The number of aromatic nitrogens is 1. The van der Waals surface area contributed by atoms with Crippen molar-refractivity contribution >= 4 is 5.91 Å². The lowest BCUT2D eigenvalue weighted by molar-refractivity contribution is -0.137. The van der Waals surface area contributed by atoms with Crippen molar-refractivity contribution in [3.63, 3.8) is 0 Å². The zero-order valence-electron chi connectivity index (χ0n) is 14.4. The van der Waals surface area contributed by atoms with Gasteiger partial charge < -0.3 is 10.3 Å². The molecule has 26 heavy (non-hydrogen) atoms. The Balaban J connectivity index is 1.58. The molecule has 140 valence electrons. The second kappa shape index (κ2) is 7.53. The monoisotopic (exact) mass is 365 g/mol. The molecule has 1 saturated heterocycles. The maximum atomic E-state index is 12.6. The molecule has 1 aliphatic rings. The van der Waals surface area contributed by atoms with E-state index in [0.29, 0.717) is 18.0 Å². The Kier molecular flexibility index (Phi) is 5.36. The van der Waals surface area contributed by atoms with Gasteiger partial charge in [-0.1, -0.05) is 0 Å². The summed E-state index contributed by atoms with van der Waals surface area (Å²) >= 11 is 0. The Morgan fingerprint density at radius 1 is 1.12 bits per heavy atom. The van der Waals surface area contributed by atoms with Crippen molar-refractivity contribution in [3.8, 4) is 5.69 Å². The highest BCUT2D eigenvalue weighted by Gasteiger charge is 2.30. The Morgan fingerprint density at radius 2 is 1.77 bits per heavy atom. The number of rotatable bonds is 5. The van der Waals surface area contributed by atoms with Crippen LogP contribution in [-0.2, 0) is 17.5 Å². The van der Waals surface area contributed by atoms with E-state index in [1.807, 2.05) is 23.0 Å². The average molecular weight is 365 g/mol. The van der Waals surface area contributed by atoms with Crippen molar-refractivity contribution in [1.29, 1.82) is 0 Å². The molecule has 2 aromatic rings. The maximum absolute atomic E-state index is 12.6. The number of hydrogen-bond donors (Lipinski definition) is 1. The predicted molar refractivity (Wildman–Crippen MR) is 92.6 cm³/mol. The normalized spacial score (nSPS) is 16.7. The van der Waals surface area contributed by atoms with Gasteiger partial charge in [0.2, 0.25) is 5.91 Å². The zero-order valence-corrected chi connectivity index (χ0v) is 14.4. The number of alkyl halides is 3. The fourth-order valence-electron chi connectivity index (χ4n) is 3.41. The van der Waals surface area contributed by atoms with Crippen LogP contribution in [0.15, 0.2) is 42.7 Å². The number of amides is 1. The molecule has 0 saturated carbocycles. The number of benzene rings is 1. The quantitative estimate of drug-likeness (QED) is 0.880. The molecule has 4 nitrogen and oxygen atoms in total. The van der Waals surface area contributed by atoms with Crippen LogP contribution >= 0.6 is 0 Å². The third-order valence-corrected chi connectivity index (χ3v) is 4.85. The lowest BCUT2D eigenvalue weighted by Crippen LogP contribution is -2.34. The number of nitrogens with two attached hydrogens (primary N) is 1. The van der Waals surface area contributed by atoms with Crippen LogP contribution in [0.25, 0.3) is 5.69 Å². The highest BCUT2D eigenvalue weighted by Crippen LogP contribution is 2.29. The van der Waals surface area contributed by atoms with Crippen LogP contribution in [0.5, 0.6) is 0 Å². The maximum Gasteiger partial charge on any atom is 0.416 e. The minimum Gasteiger partial charge on any atom is -0.370 e. The first-order valence-electron chi connectivity index (χ1n) is 8.66. The topological polar surface area (TPSA) is 51.3 Å². The lowest BCUT2D eigenvalue weighted by atomic mass is 9.93. The van der Waals surface area contributed by atoms with Crippen molar-refractivity contribution in [2.75, 3.05) is 13.1 Å². The van der Waals surface area contributed by atoms with Crippen molar-refractivity contribution in [1.82, 2.24) is 9.47 Å². The molecule has 2 N–H and O–H groups in total. The van der Waals surface area contributed by atoms with Crippen molar-refractivity contribution in [2.24, 2.45) is 11.7 Å². The van der Waals surface area contributed by atoms with Gasteiger partial charge in [-0.15, -0.1) is 0 Å². The summed E-state index contributed by atoms with van der Waals surface area (Å²) in [4.78, 5) is 13.3. The first-order valence-corrected chi connectivity index (χ1v) is 8.66. The van der Waals surface area contributed by atoms with E-state index >= 15 is 0 Å². The molecule has 1 amide bonds. The summed E-state index contributed by atoms with van der Waals surface area (Å²) < 4.78 is 39.8. The van der Waals surface area contributed by atoms with Crippen LogP contribution in [0.4, 0.5) is 13.2 Å². The van der Waals surface area contributed by atoms with Gasteiger partial charge >= 0.3 is 6.18 Å². The number of primary amides is 1. The number of halogens is 3. The van der Waals surface area contributed by atoms with Gasteiger partial charge in [-0.3, -0.25) is 9.69 Å². The van der Waals surface area contributed by atoms with Crippen molar-refractivity contribution in [3.05, 3.63) is 53.9 Å². The highest BCUT2D eigenvalue weighted by atomic mass is 19.4. The van der Waals surface area contributed by atoms with Gasteiger partial charge in [0.15, 0.2) is 0 Å². The number of piperidine rings is 1. The predicted octanol–water partition coefficient (Wildman–Crippen LogP) is 3.58. The third-order valence-electron chi connectivity index (χ3n) is 4.85. The van der Waals surface area contributed by atoms with Crippen LogP contribution in [0, 0.1) is 5.92 Å². The molecule has 1 aliphatic heterocycles. The summed E-state index contributed by atoms with van der Waals surface area (Å²) in [6.45, 7) is 2.63. The number of hydrogen-bond acceptors (Lipinski definition) is 2. The SMILES string of the molecule is NC(=O)CC1CCN(Cc2ccn(-c3ccc(C(F)(F)F)cc3)c2)CC1. The summed E-state index contributed by atoms with van der Waals surface area (Å²) in [6, 6.07) is 7.12. The van der Waals surface area contributed by atoms with Gasteiger partial charge in [0, 0.05) is 31.0 Å². The van der Waals surface area contributed by atoms with E-state index in [-0.39, 0.29) is 5.91 Å². The molecule has 1 fully saturated rings. The van der Waals surface area contributed by atoms with E-state index in [1.165, 1.54) is 12.1 Å². The van der Waals surface area contributed by atoms with Gasteiger partial charge in [0.05, 0.1) is 5.56 Å². The number of nitrogens with zero attached hydrogens (tertiary/aromatic N) is 2. The van der Waals surface area contributed by atoms with E-state index in [4.69, 9.17) is 5.73 Å². The highest BCUT2D eigenvalue weighted by molar-refractivity contribution is 5.73. The van der Waals surface area contributed by atoms with E-state index in [9.17, 15) is 18.0 Å². The molecule has 0 unspecified atom stereocenters. The fraction of sp³-hybridized carbons (Fsp3) is 0.421. The second-order valence-electron chi connectivity index (χ2n) is 6.86. The second-order valence-corrected chi connectivity index (χ2v) is 6.86. The minimum atomic E-state index is -4.32. The van der Waals surface area contributed by atoms with Crippen LogP contribution < -0.4 is 5.73 Å². The van der Waals surface area contributed by atoms with Gasteiger partial charge in [-0.05, 0) is 67.7 Å². The minimum absolute atomic E-state index is 0.239. The summed E-state index contributed by atoms with van der Waals surface area (Å²) in [5, 5.41) is 0. The molecule has 0 bridgehead atoms. The number of carbonyl (C=O) groups is 1. The van der Waals surface area contributed by atoms with E-state index in [1.54, 1.807) is 0 Å². The first-order chi connectivity index (χ1) is 12.3. The van der Waals surface area contributed by atoms with E-state index < -0.39 is 11.7 Å². The molecule has 1 aromatic heterocycles. The molecule has 0 atom stereocenters.